The van der Waals surface area contributed by atoms with Crippen LogP contribution in [-0.2, 0) is 0 Å². The van der Waals surface area contributed by atoms with Gasteiger partial charge in [-0.3, -0.25) is 10.1 Å². The average Bonchev–Trinajstić information content (AvgIpc) is 2.80. The van der Waals surface area contributed by atoms with Crippen LogP contribution in [0.15, 0.2) is 42.5 Å². The van der Waals surface area contributed by atoms with Crippen molar-refractivity contribution in [3.05, 3.63) is 58.1 Å². The number of benzene rings is 2. The summed E-state index contributed by atoms with van der Waals surface area (Å²) in [6.07, 6.45) is 0. The van der Waals surface area contributed by atoms with E-state index in [0.29, 0.717) is 11.6 Å². The molecule has 0 aliphatic heterocycles. The molecule has 3 aromatic rings. The number of anilines is 2. The number of hydrogen-bond donors (Lipinski definition) is 2. The molecule has 100 valence electrons. The predicted octanol–water partition coefficient (Wildman–Crippen LogP) is 3.52. The van der Waals surface area contributed by atoms with Gasteiger partial charge in [0.15, 0.2) is 0 Å². The Kier molecular flexibility index (Phi) is 2.83. The highest BCUT2D eigenvalue weighted by Gasteiger charge is 2.07. The van der Waals surface area contributed by atoms with Gasteiger partial charge in [0, 0.05) is 17.8 Å². The third-order valence-electron chi connectivity index (χ3n) is 2.96. The van der Waals surface area contributed by atoms with Gasteiger partial charge in [-0.25, -0.2) is 4.98 Å². The van der Waals surface area contributed by atoms with E-state index in [2.05, 4.69) is 15.3 Å². The summed E-state index contributed by atoms with van der Waals surface area (Å²) in [6, 6.07) is 12.2. The minimum Gasteiger partial charge on any atom is -0.326 e. The Morgan fingerprint density at radius 3 is 2.90 bits per heavy atom. The number of hydrogen-bond acceptors (Lipinski definition) is 4. The summed E-state index contributed by atoms with van der Waals surface area (Å²) in [5.74, 6) is 0.561. The highest BCUT2D eigenvalue weighted by atomic mass is 16.6. The van der Waals surface area contributed by atoms with Crippen LogP contribution in [-0.4, -0.2) is 14.9 Å². The fraction of sp³-hybridized carbons (Fsp3) is 0.0714. The summed E-state index contributed by atoms with van der Waals surface area (Å²) in [6.45, 7) is 2.01. The zero-order valence-corrected chi connectivity index (χ0v) is 10.8. The van der Waals surface area contributed by atoms with Crippen LogP contribution in [0.25, 0.3) is 11.0 Å². The minimum atomic E-state index is -0.423. The number of nitro groups is 1. The largest absolute Gasteiger partial charge is 0.326 e. The van der Waals surface area contributed by atoms with Gasteiger partial charge in [-0.2, -0.15) is 0 Å². The second kappa shape index (κ2) is 4.65. The lowest BCUT2D eigenvalue weighted by Gasteiger charge is -2.01. The number of non-ortho nitro benzene ring substituents is 1. The van der Waals surface area contributed by atoms with Crippen LogP contribution in [0.4, 0.5) is 17.3 Å². The van der Waals surface area contributed by atoms with Gasteiger partial charge in [0.2, 0.25) is 5.95 Å². The van der Waals surface area contributed by atoms with Crippen molar-refractivity contribution in [1.29, 1.82) is 0 Å². The van der Waals surface area contributed by atoms with Crippen molar-refractivity contribution in [2.24, 2.45) is 0 Å². The van der Waals surface area contributed by atoms with E-state index in [1.54, 1.807) is 12.1 Å². The number of nitro benzene ring substituents is 1. The smallest absolute Gasteiger partial charge is 0.271 e. The maximum absolute atomic E-state index is 10.7. The third-order valence-corrected chi connectivity index (χ3v) is 2.96. The highest BCUT2D eigenvalue weighted by molar-refractivity contribution is 5.79. The van der Waals surface area contributed by atoms with Gasteiger partial charge >= 0.3 is 0 Å². The molecule has 1 aromatic heterocycles. The van der Waals surface area contributed by atoms with Gasteiger partial charge in [-0.1, -0.05) is 12.1 Å². The summed E-state index contributed by atoms with van der Waals surface area (Å²) >= 11 is 0. The molecule has 0 fully saturated rings. The third kappa shape index (κ3) is 2.31. The number of nitrogens with zero attached hydrogens (tertiary/aromatic N) is 2. The normalized spacial score (nSPS) is 10.7. The van der Waals surface area contributed by atoms with Gasteiger partial charge in [0.1, 0.15) is 0 Å². The average molecular weight is 268 g/mol. The molecule has 0 bridgehead atoms. The van der Waals surface area contributed by atoms with Crippen molar-refractivity contribution in [3.63, 3.8) is 0 Å². The van der Waals surface area contributed by atoms with Crippen molar-refractivity contribution >= 4 is 28.4 Å². The van der Waals surface area contributed by atoms with E-state index in [4.69, 9.17) is 0 Å². The molecule has 2 aromatic carbocycles. The molecule has 0 saturated heterocycles. The first-order valence-corrected chi connectivity index (χ1v) is 6.10. The number of H-pyrrole nitrogens is 1. The van der Waals surface area contributed by atoms with Gasteiger partial charge in [0.05, 0.1) is 16.0 Å². The number of nitrogens with one attached hydrogen (secondary N) is 2. The molecule has 20 heavy (non-hydrogen) atoms. The van der Waals surface area contributed by atoms with Crippen LogP contribution in [0.1, 0.15) is 5.56 Å². The Balaban J connectivity index is 1.92. The molecule has 0 atom stereocenters. The summed E-state index contributed by atoms with van der Waals surface area (Å²) < 4.78 is 0. The molecule has 0 unspecified atom stereocenters. The molecular weight excluding hydrogens is 256 g/mol. The van der Waals surface area contributed by atoms with Gasteiger partial charge in [-0.15, -0.1) is 0 Å². The molecule has 0 amide bonds. The lowest BCUT2D eigenvalue weighted by atomic mass is 10.2. The van der Waals surface area contributed by atoms with E-state index < -0.39 is 4.92 Å². The lowest BCUT2D eigenvalue weighted by molar-refractivity contribution is -0.384. The van der Waals surface area contributed by atoms with Crippen molar-refractivity contribution < 1.29 is 4.92 Å². The van der Waals surface area contributed by atoms with Crippen molar-refractivity contribution in [2.75, 3.05) is 5.32 Å². The van der Waals surface area contributed by atoms with E-state index in [9.17, 15) is 10.1 Å². The molecule has 0 saturated carbocycles. The second-order valence-electron chi connectivity index (χ2n) is 4.54. The summed E-state index contributed by atoms with van der Waals surface area (Å²) in [5, 5.41) is 13.8. The van der Waals surface area contributed by atoms with Crippen molar-refractivity contribution in [3.8, 4) is 0 Å². The van der Waals surface area contributed by atoms with Crippen molar-refractivity contribution in [1.82, 2.24) is 9.97 Å². The highest BCUT2D eigenvalue weighted by Crippen LogP contribution is 2.22. The quantitative estimate of drug-likeness (QED) is 0.562. The van der Waals surface area contributed by atoms with E-state index in [0.717, 1.165) is 16.6 Å². The molecular formula is C14H12N4O2. The summed E-state index contributed by atoms with van der Waals surface area (Å²) in [7, 11) is 0. The number of aromatic amines is 1. The molecule has 0 radical (unpaired) electrons. The van der Waals surface area contributed by atoms with Crippen LogP contribution >= 0.6 is 0 Å². The Morgan fingerprint density at radius 1 is 1.25 bits per heavy atom. The maximum atomic E-state index is 10.7. The van der Waals surface area contributed by atoms with E-state index >= 15 is 0 Å². The Labute approximate surface area is 114 Å². The number of rotatable bonds is 3. The minimum absolute atomic E-state index is 0.0435. The first-order valence-electron chi connectivity index (χ1n) is 6.10. The molecule has 6 heteroatoms. The zero-order valence-electron chi connectivity index (χ0n) is 10.8. The molecule has 0 aliphatic rings. The summed E-state index contributed by atoms with van der Waals surface area (Å²) in [4.78, 5) is 17.8. The van der Waals surface area contributed by atoms with Crippen LogP contribution in [0, 0.1) is 17.0 Å². The Morgan fingerprint density at radius 2 is 2.10 bits per heavy atom. The van der Waals surface area contributed by atoms with Crippen LogP contribution in [0.3, 0.4) is 0 Å². The fourth-order valence-electron chi connectivity index (χ4n) is 2.02. The van der Waals surface area contributed by atoms with Crippen LogP contribution in [0.2, 0.25) is 0 Å². The van der Waals surface area contributed by atoms with Crippen LogP contribution < -0.4 is 5.32 Å². The topological polar surface area (TPSA) is 83.8 Å². The molecule has 6 nitrogen and oxygen atoms in total. The van der Waals surface area contributed by atoms with E-state index in [-0.39, 0.29) is 5.69 Å². The molecule has 2 N–H and O–H groups in total. The predicted molar refractivity (Wildman–Crippen MR) is 77.2 cm³/mol. The summed E-state index contributed by atoms with van der Waals surface area (Å²) in [5.41, 5.74) is 3.58. The van der Waals surface area contributed by atoms with Crippen LogP contribution in [0.5, 0.6) is 0 Å². The number of aryl methyl sites for hydroxylation is 1. The van der Waals surface area contributed by atoms with E-state index in [1.807, 2.05) is 25.1 Å². The maximum Gasteiger partial charge on any atom is 0.271 e. The molecule has 0 spiro atoms. The van der Waals surface area contributed by atoms with Gasteiger partial charge in [0.25, 0.3) is 5.69 Å². The molecule has 1 heterocycles. The van der Waals surface area contributed by atoms with Gasteiger partial charge < -0.3 is 10.3 Å². The number of fused-ring (bicyclic) bond motifs is 1. The number of imidazole rings is 1. The molecule has 0 aliphatic carbocycles. The first kappa shape index (κ1) is 12.2. The second-order valence-corrected chi connectivity index (χ2v) is 4.54. The Hall–Kier alpha value is -2.89. The standard InChI is InChI=1S/C14H12N4O2/c1-9-5-6-12-13(7-9)17-14(16-12)15-10-3-2-4-11(8-10)18(19)20/h2-8H,1H3,(H2,15,16,17). The SMILES string of the molecule is Cc1ccc2nc(Nc3cccc([N+](=O)[O-])c3)[nH]c2c1. The first-order chi connectivity index (χ1) is 9.61. The molecule has 3 rings (SSSR count). The Bertz CT molecular complexity index is 795. The van der Waals surface area contributed by atoms with Gasteiger partial charge in [-0.05, 0) is 30.7 Å². The van der Waals surface area contributed by atoms with E-state index in [1.165, 1.54) is 12.1 Å². The zero-order chi connectivity index (χ0) is 14.1. The van der Waals surface area contributed by atoms with Crippen molar-refractivity contribution in [2.45, 2.75) is 6.92 Å². The lowest BCUT2D eigenvalue weighted by Crippen LogP contribution is -1.94. The number of aromatic nitrogens is 2. The monoisotopic (exact) mass is 268 g/mol. The fourth-order valence-corrected chi connectivity index (χ4v) is 2.02.